The lowest BCUT2D eigenvalue weighted by molar-refractivity contribution is 0.167. The minimum atomic E-state index is -0.356. The molecule has 0 saturated carbocycles. The van der Waals surface area contributed by atoms with Crippen molar-refractivity contribution in [2.45, 2.75) is 26.5 Å². The Balaban J connectivity index is 2.77. The Morgan fingerprint density at radius 1 is 1.82 bits per heavy atom. The smallest absolute Gasteiger partial charge is 0.104 e. The summed E-state index contributed by atoms with van der Waals surface area (Å²) in [6, 6.07) is 1.92. The molecule has 0 aliphatic carbocycles. The minimum Gasteiger partial charge on any atom is -0.391 e. The minimum absolute atomic E-state index is 0.356. The highest BCUT2D eigenvalue weighted by molar-refractivity contribution is 9.10. The van der Waals surface area contributed by atoms with E-state index >= 15 is 0 Å². The molecule has 1 aromatic rings. The summed E-state index contributed by atoms with van der Waals surface area (Å²) in [5, 5.41) is 13.2. The van der Waals surface area contributed by atoms with Crippen molar-refractivity contribution in [3.8, 4) is 0 Å². The molecule has 0 amide bonds. The molecular formula is C7H11BrN2O. The average Bonchev–Trinajstić information content (AvgIpc) is 2.09. The summed E-state index contributed by atoms with van der Waals surface area (Å²) in [4.78, 5) is 0. The first kappa shape index (κ1) is 8.74. The van der Waals surface area contributed by atoms with Gasteiger partial charge in [0, 0.05) is 0 Å². The van der Waals surface area contributed by atoms with Gasteiger partial charge in [-0.05, 0) is 35.8 Å². The van der Waals surface area contributed by atoms with E-state index < -0.39 is 0 Å². The Labute approximate surface area is 74.2 Å². The second-order valence-corrected chi connectivity index (χ2v) is 3.45. The lowest BCUT2D eigenvalue weighted by Crippen LogP contribution is -2.13. The van der Waals surface area contributed by atoms with Gasteiger partial charge in [-0.3, -0.25) is 4.68 Å². The van der Waals surface area contributed by atoms with E-state index in [0.717, 1.165) is 10.3 Å². The third-order valence-corrected chi connectivity index (χ3v) is 1.93. The SMILES string of the molecule is Cc1cc(Br)n(CC(C)O)n1. The normalized spacial score (nSPS) is 13.5. The first-order chi connectivity index (χ1) is 5.09. The Morgan fingerprint density at radius 2 is 2.45 bits per heavy atom. The fourth-order valence-electron chi connectivity index (χ4n) is 0.892. The molecular weight excluding hydrogens is 208 g/mol. The Bertz CT molecular complexity index is 245. The van der Waals surface area contributed by atoms with Crippen molar-refractivity contribution in [3.05, 3.63) is 16.4 Å². The largest absolute Gasteiger partial charge is 0.391 e. The Kier molecular flexibility index (Phi) is 2.67. The number of hydrogen-bond acceptors (Lipinski definition) is 2. The van der Waals surface area contributed by atoms with E-state index in [4.69, 9.17) is 5.11 Å². The van der Waals surface area contributed by atoms with Crippen LogP contribution in [0.4, 0.5) is 0 Å². The van der Waals surface area contributed by atoms with Crippen LogP contribution in [0.1, 0.15) is 12.6 Å². The lowest BCUT2D eigenvalue weighted by Gasteiger charge is -2.04. The number of rotatable bonds is 2. The number of hydrogen-bond donors (Lipinski definition) is 1. The zero-order valence-electron chi connectivity index (χ0n) is 6.58. The first-order valence-electron chi connectivity index (χ1n) is 3.47. The zero-order valence-corrected chi connectivity index (χ0v) is 8.17. The molecule has 1 aromatic heterocycles. The van der Waals surface area contributed by atoms with Crippen molar-refractivity contribution < 1.29 is 5.11 Å². The van der Waals surface area contributed by atoms with Crippen LogP contribution in [0.15, 0.2) is 10.7 Å². The molecule has 4 heteroatoms. The molecule has 1 heterocycles. The van der Waals surface area contributed by atoms with Gasteiger partial charge in [0.1, 0.15) is 4.60 Å². The predicted molar refractivity (Wildman–Crippen MR) is 46.3 cm³/mol. The van der Waals surface area contributed by atoms with E-state index in [1.165, 1.54) is 0 Å². The second-order valence-electron chi connectivity index (χ2n) is 2.64. The van der Waals surface area contributed by atoms with Gasteiger partial charge in [-0.15, -0.1) is 0 Å². The van der Waals surface area contributed by atoms with Crippen LogP contribution in [0.3, 0.4) is 0 Å². The second kappa shape index (κ2) is 3.36. The van der Waals surface area contributed by atoms with Crippen LogP contribution in [0.5, 0.6) is 0 Å². The quantitative estimate of drug-likeness (QED) is 0.814. The molecule has 1 unspecified atom stereocenters. The Morgan fingerprint density at radius 3 is 2.82 bits per heavy atom. The fraction of sp³-hybridized carbons (Fsp3) is 0.571. The van der Waals surface area contributed by atoms with Gasteiger partial charge in [-0.25, -0.2) is 0 Å². The molecule has 0 radical (unpaired) electrons. The molecule has 0 aromatic carbocycles. The van der Waals surface area contributed by atoms with E-state index in [2.05, 4.69) is 21.0 Å². The van der Waals surface area contributed by atoms with Crippen LogP contribution in [0.2, 0.25) is 0 Å². The van der Waals surface area contributed by atoms with Crippen molar-refractivity contribution in [3.63, 3.8) is 0 Å². The van der Waals surface area contributed by atoms with E-state index in [-0.39, 0.29) is 6.10 Å². The molecule has 0 saturated heterocycles. The van der Waals surface area contributed by atoms with Crippen molar-refractivity contribution >= 4 is 15.9 Å². The van der Waals surface area contributed by atoms with Crippen molar-refractivity contribution in [2.24, 2.45) is 0 Å². The van der Waals surface area contributed by atoms with Gasteiger partial charge in [-0.1, -0.05) is 0 Å². The van der Waals surface area contributed by atoms with Crippen LogP contribution >= 0.6 is 15.9 Å². The molecule has 0 fully saturated rings. The number of halogens is 1. The predicted octanol–water partition coefficient (Wildman–Crippen LogP) is 1.33. The van der Waals surface area contributed by atoms with Crippen LogP contribution in [-0.4, -0.2) is 21.0 Å². The maximum Gasteiger partial charge on any atom is 0.104 e. The summed E-state index contributed by atoms with van der Waals surface area (Å²) in [6.07, 6.45) is -0.356. The van der Waals surface area contributed by atoms with Gasteiger partial charge in [0.05, 0.1) is 18.3 Å². The number of aliphatic hydroxyl groups excluding tert-OH is 1. The van der Waals surface area contributed by atoms with Gasteiger partial charge in [-0.2, -0.15) is 5.10 Å². The van der Waals surface area contributed by atoms with Crippen LogP contribution in [0.25, 0.3) is 0 Å². The summed E-state index contributed by atoms with van der Waals surface area (Å²) in [6.45, 7) is 4.20. The average molecular weight is 219 g/mol. The third kappa shape index (κ3) is 2.31. The molecule has 1 N–H and O–H groups in total. The summed E-state index contributed by atoms with van der Waals surface area (Å²) in [7, 11) is 0. The number of aromatic nitrogens is 2. The van der Waals surface area contributed by atoms with Gasteiger partial charge < -0.3 is 5.11 Å². The van der Waals surface area contributed by atoms with Gasteiger partial charge in [0.2, 0.25) is 0 Å². The van der Waals surface area contributed by atoms with Crippen molar-refractivity contribution in [1.82, 2.24) is 9.78 Å². The van der Waals surface area contributed by atoms with E-state index in [1.807, 2.05) is 13.0 Å². The molecule has 1 atom stereocenters. The van der Waals surface area contributed by atoms with Crippen LogP contribution in [-0.2, 0) is 6.54 Å². The van der Waals surface area contributed by atoms with Gasteiger partial charge in [0.25, 0.3) is 0 Å². The van der Waals surface area contributed by atoms with E-state index in [9.17, 15) is 0 Å². The highest BCUT2D eigenvalue weighted by atomic mass is 79.9. The molecule has 62 valence electrons. The van der Waals surface area contributed by atoms with Crippen molar-refractivity contribution in [1.29, 1.82) is 0 Å². The summed E-state index contributed by atoms with van der Waals surface area (Å²) >= 11 is 3.33. The van der Waals surface area contributed by atoms with Crippen LogP contribution in [0, 0.1) is 6.92 Å². The molecule has 1 rings (SSSR count). The monoisotopic (exact) mass is 218 g/mol. The molecule has 0 aliphatic heterocycles. The zero-order chi connectivity index (χ0) is 8.43. The number of nitrogens with zero attached hydrogens (tertiary/aromatic N) is 2. The van der Waals surface area contributed by atoms with Gasteiger partial charge >= 0.3 is 0 Å². The molecule has 11 heavy (non-hydrogen) atoms. The number of aryl methyl sites for hydroxylation is 1. The Hall–Kier alpha value is -0.350. The van der Waals surface area contributed by atoms with E-state index in [0.29, 0.717) is 6.54 Å². The summed E-state index contributed by atoms with van der Waals surface area (Å²) in [5.41, 5.74) is 0.956. The number of aliphatic hydroxyl groups is 1. The van der Waals surface area contributed by atoms with Gasteiger partial charge in [0.15, 0.2) is 0 Å². The van der Waals surface area contributed by atoms with E-state index in [1.54, 1.807) is 11.6 Å². The standard InChI is InChI=1S/C7H11BrN2O/c1-5-3-7(8)10(9-5)4-6(2)11/h3,6,11H,4H2,1-2H3. The molecule has 0 spiro atoms. The highest BCUT2D eigenvalue weighted by Gasteiger charge is 2.03. The molecule has 3 nitrogen and oxygen atoms in total. The maximum atomic E-state index is 9.06. The summed E-state index contributed by atoms with van der Waals surface area (Å²) < 4.78 is 2.65. The van der Waals surface area contributed by atoms with Crippen molar-refractivity contribution in [2.75, 3.05) is 0 Å². The first-order valence-corrected chi connectivity index (χ1v) is 4.27. The molecule has 0 bridgehead atoms. The fourth-order valence-corrected chi connectivity index (χ4v) is 1.45. The molecule has 0 aliphatic rings. The summed E-state index contributed by atoms with van der Waals surface area (Å²) in [5.74, 6) is 0. The van der Waals surface area contributed by atoms with Crippen LogP contribution < -0.4 is 0 Å². The highest BCUT2D eigenvalue weighted by Crippen LogP contribution is 2.11. The maximum absolute atomic E-state index is 9.06. The third-order valence-electron chi connectivity index (χ3n) is 1.29. The topological polar surface area (TPSA) is 38.0 Å². The lowest BCUT2D eigenvalue weighted by atomic mass is 10.4.